The number of hydroxylamine groups is 2. The Bertz CT molecular complexity index is 614. The summed E-state index contributed by atoms with van der Waals surface area (Å²) >= 11 is 0. The lowest BCUT2D eigenvalue weighted by atomic mass is 9.90. The van der Waals surface area contributed by atoms with Gasteiger partial charge >= 0.3 is 11.8 Å². The molecule has 4 amide bonds. The summed E-state index contributed by atoms with van der Waals surface area (Å²) in [6, 6.07) is -0.833. The fourth-order valence-corrected chi connectivity index (χ4v) is 5.06. The summed E-state index contributed by atoms with van der Waals surface area (Å²) in [6.07, 6.45) is 7.51. The molecule has 3 N–H and O–H groups in total. The topological polar surface area (TPSA) is 118 Å². The summed E-state index contributed by atoms with van der Waals surface area (Å²) in [5.41, 5.74) is 5.59. The number of amides is 4. The van der Waals surface area contributed by atoms with E-state index in [1.807, 2.05) is 0 Å². The molecule has 3 aliphatic rings. The van der Waals surface area contributed by atoms with E-state index < -0.39 is 22.3 Å². The third-order valence-electron chi connectivity index (χ3n) is 6.53. The van der Waals surface area contributed by atoms with Gasteiger partial charge in [0, 0.05) is 12.8 Å². The van der Waals surface area contributed by atoms with Crippen molar-refractivity contribution in [2.75, 3.05) is 13.1 Å². The molecule has 8 heteroatoms. The van der Waals surface area contributed by atoms with Crippen LogP contribution in [-0.2, 0) is 19.2 Å². The van der Waals surface area contributed by atoms with E-state index in [1.165, 1.54) is 0 Å². The predicted molar refractivity (Wildman–Crippen MR) is 94.7 cm³/mol. The van der Waals surface area contributed by atoms with Crippen LogP contribution in [0.1, 0.15) is 57.8 Å². The number of likely N-dealkylation sites (tertiary alicyclic amines) is 1. The minimum absolute atomic E-state index is 0.151. The maximum Gasteiger partial charge on any atom is 0.326 e. The van der Waals surface area contributed by atoms with Gasteiger partial charge in [-0.15, -0.1) is 0 Å². The molecule has 0 aromatic rings. The van der Waals surface area contributed by atoms with E-state index in [0.717, 1.165) is 38.5 Å². The van der Waals surface area contributed by atoms with E-state index in [-0.39, 0.29) is 37.2 Å². The Kier molecular flexibility index (Phi) is 5.95. The molecular formula is C19H30N3O5+. The summed E-state index contributed by atoms with van der Waals surface area (Å²) in [5, 5.41) is 10.2. The smallest absolute Gasteiger partial charge is 0.326 e. The molecule has 1 heterocycles. The van der Waals surface area contributed by atoms with Crippen molar-refractivity contribution in [1.29, 1.82) is 0 Å². The molecule has 1 saturated heterocycles. The summed E-state index contributed by atoms with van der Waals surface area (Å²) in [4.78, 5) is 49.9. The molecule has 1 aliphatic heterocycles. The fourth-order valence-electron chi connectivity index (χ4n) is 5.06. The van der Waals surface area contributed by atoms with Crippen molar-refractivity contribution in [3.8, 4) is 0 Å². The average molecular weight is 380 g/mol. The van der Waals surface area contributed by atoms with Crippen LogP contribution in [0.15, 0.2) is 0 Å². The van der Waals surface area contributed by atoms with E-state index in [1.54, 1.807) is 0 Å². The van der Waals surface area contributed by atoms with E-state index >= 15 is 0 Å². The number of carbonyl (C=O) groups is 4. The van der Waals surface area contributed by atoms with Crippen LogP contribution in [0.2, 0.25) is 0 Å². The number of nitrogens with zero attached hydrogens (tertiary/aromatic N) is 2. The minimum atomic E-state index is -0.833. The number of rotatable bonds is 8. The summed E-state index contributed by atoms with van der Waals surface area (Å²) in [5.74, 6) is -1.69. The number of quaternary nitrogens is 1. The molecule has 0 aromatic heterocycles. The Hall–Kier alpha value is -1.80. The lowest BCUT2D eigenvalue weighted by molar-refractivity contribution is -0.785. The Morgan fingerprint density at radius 1 is 1.11 bits per heavy atom. The Labute approximate surface area is 159 Å². The first-order valence-electron chi connectivity index (χ1n) is 10.1. The third kappa shape index (κ3) is 3.91. The Morgan fingerprint density at radius 2 is 1.78 bits per heavy atom. The van der Waals surface area contributed by atoms with Gasteiger partial charge < -0.3 is 5.73 Å². The van der Waals surface area contributed by atoms with Crippen molar-refractivity contribution in [3.05, 3.63) is 0 Å². The molecule has 0 bridgehead atoms. The highest BCUT2D eigenvalue weighted by molar-refractivity contribution is 5.93. The zero-order valence-electron chi connectivity index (χ0n) is 15.7. The lowest BCUT2D eigenvalue weighted by Crippen LogP contribution is -2.66. The van der Waals surface area contributed by atoms with Crippen molar-refractivity contribution in [2.45, 2.75) is 63.8 Å². The van der Waals surface area contributed by atoms with Gasteiger partial charge in [-0.1, -0.05) is 25.7 Å². The highest BCUT2D eigenvalue weighted by atomic mass is 16.5. The molecule has 0 radical (unpaired) electrons. The molecule has 3 rings (SSSR count). The van der Waals surface area contributed by atoms with Crippen LogP contribution >= 0.6 is 0 Å². The van der Waals surface area contributed by atoms with Crippen LogP contribution in [-0.4, -0.2) is 58.0 Å². The fraction of sp³-hybridized carbons (Fsp3) is 0.789. The maximum absolute atomic E-state index is 13.7. The van der Waals surface area contributed by atoms with E-state index in [9.17, 15) is 24.4 Å². The van der Waals surface area contributed by atoms with Crippen LogP contribution in [0, 0.1) is 17.8 Å². The van der Waals surface area contributed by atoms with Gasteiger partial charge in [-0.3, -0.25) is 14.8 Å². The SMILES string of the molecule is NC(=O)[C@@H]1CCC[N+]1(C(=O)C1CC1)C(=O)[C@H](CC1CCCC1)CN(O)C=O. The van der Waals surface area contributed by atoms with Crippen LogP contribution in [0.4, 0.5) is 0 Å². The standard InChI is InChI=1S/C19H29N3O5/c20-17(24)16-6-3-9-22(16,18(25)14-7-8-14)19(26)15(11-21(27)12-23)10-13-4-1-2-5-13/h12-16,27H,1-11H2,(H-,20,24)/p+1/t15-,16+,22?/m1/s1. The van der Waals surface area contributed by atoms with Crippen LogP contribution in [0.25, 0.3) is 0 Å². The van der Waals surface area contributed by atoms with Crippen LogP contribution in [0.5, 0.6) is 0 Å². The zero-order valence-corrected chi connectivity index (χ0v) is 15.7. The van der Waals surface area contributed by atoms with Gasteiger partial charge in [-0.05, 0) is 25.2 Å². The second-order valence-corrected chi connectivity index (χ2v) is 8.41. The number of imide groups is 1. The van der Waals surface area contributed by atoms with E-state index in [0.29, 0.717) is 30.2 Å². The molecule has 8 nitrogen and oxygen atoms in total. The first-order valence-corrected chi connectivity index (χ1v) is 10.1. The van der Waals surface area contributed by atoms with Gasteiger partial charge in [0.15, 0.2) is 6.04 Å². The van der Waals surface area contributed by atoms with Gasteiger partial charge in [0.05, 0.1) is 24.9 Å². The predicted octanol–water partition coefficient (Wildman–Crippen LogP) is 0.958. The van der Waals surface area contributed by atoms with Crippen molar-refractivity contribution in [2.24, 2.45) is 23.5 Å². The first kappa shape index (κ1) is 19.9. The van der Waals surface area contributed by atoms with Gasteiger partial charge in [0.2, 0.25) is 6.41 Å². The lowest BCUT2D eigenvalue weighted by Gasteiger charge is -2.36. The summed E-state index contributed by atoms with van der Waals surface area (Å²) in [6.45, 7) is 0.137. The molecule has 150 valence electrons. The third-order valence-corrected chi connectivity index (χ3v) is 6.53. The molecule has 27 heavy (non-hydrogen) atoms. The largest absolute Gasteiger partial charge is 0.364 e. The molecule has 2 aliphatic carbocycles. The summed E-state index contributed by atoms with van der Waals surface area (Å²) in [7, 11) is 0. The molecule has 0 aromatic carbocycles. The molecule has 2 saturated carbocycles. The van der Waals surface area contributed by atoms with Crippen LogP contribution < -0.4 is 5.73 Å². The number of primary amides is 1. The monoisotopic (exact) mass is 380 g/mol. The maximum atomic E-state index is 13.7. The zero-order chi connectivity index (χ0) is 19.6. The highest BCUT2D eigenvalue weighted by Crippen LogP contribution is 2.41. The molecule has 1 unspecified atom stereocenters. The Balaban J connectivity index is 1.91. The number of nitrogens with two attached hydrogens (primary N) is 1. The Morgan fingerprint density at radius 3 is 2.33 bits per heavy atom. The van der Waals surface area contributed by atoms with Gasteiger partial charge in [-0.25, -0.2) is 14.7 Å². The van der Waals surface area contributed by atoms with E-state index in [4.69, 9.17) is 5.73 Å². The average Bonchev–Trinajstić information content (AvgIpc) is 3.18. The normalized spacial score (nSPS) is 29.4. The summed E-state index contributed by atoms with van der Waals surface area (Å²) < 4.78 is -0.510. The molecule has 3 atom stereocenters. The van der Waals surface area contributed by atoms with E-state index in [2.05, 4.69) is 0 Å². The second kappa shape index (κ2) is 8.06. The second-order valence-electron chi connectivity index (χ2n) is 8.41. The van der Waals surface area contributed by atoms with Crippen molar-refractivity contribution in [1.82, 2.24) is 5.06 Å². The number of carbonyl (C=O) groups excluding carboxylic acids is 4. The number of hydrogen-bond donors (Lipinski definition) is 2. The quantitative estimate of drug-likeness (QED) is 0.281. The van der Waals surface area contributed by atoms with Gasteiger partial charge in [-0.2, -0.15) is 4.48 Å². The van der Waals surface area contributed by atoms with Gasteiger partial charge in [0.25, 0.3) is 5.91 Å². The molecule has 3 fully saturated rings. The van der Waals surface area contributed by atoms with Gasteiger partial charge in [0.1, 0.15) is 0 Å². The van der Waals surface area contributed by atoms with Crippen LogP contribution in [0.3, 0.4) is 0 Å². The highest BCUT2D eigenvalue weighted by Gasteiger charge is 2.61. The van der Waals surface area contributed by atoms with Crippen molar-refractivity contribution < 1.29 is 28.9 Å². The van der Waals surface area contributed by atoms with Crippen molar-refractivity contribution in [3.63, 3.8) is 0 Å². The number of hydrogen-bond acceptors (Lipinski definition) is 5. The first-order chi connectivity index (χ1) is 12.9. The molecular weight excluding hydrogens is 350 g/mol. The minimum Gasteiger partial charge on any atom is -0.364 e. The van der Waals surface area contributed by atoms with Crippen molar-refractivity contribution >= 4 is 24.1 Å². The molecule has 0 spiro atoms.